The Morgan fingerprint density at radius 1 is 1.20 bits per heavy atom. The van der Waals surface area contributed by atoms with E-state index in [1.165, 1.54) is 11.3 Å². The van der Waals surface area contributed by atoms with Gasteiger partial charge in [0.2, 0.25) is 16.2 Å². The monoisotopic (exact) mass is 361 g/mol. The summed E-state index contributed by atoms with van der Waals surface area (Å²) in [5, 5.41) is 12.6. The highest BCUT2D eigenvalue weighted by atomic mass is 32.1. The molecule has 8 heteroatoms. The molecule has 1 amide bonds. The van der Waals surface area contributed by atoms with Crippen molar-refractivity contribution in [3.05, 3.63) is 29.8 Å². The Kier molecular flexibility index (Phi) is 5.83. The summed E-state index contributed by atoms with van der Waals surface area (Å²) in [6.07, 6.45) is 0.300. The Morgan fingerprint density at radius 3 is 2.56 bits per heavy atom. The van der Waals surface area contributed by atoms with Gasteiger partial charge in [-0.3, -0.25) is 4.79 Å². The Morgan fingerprint density at radius 2 is 1.92 bits per heavy atom. The fourth-order valence-corrected chi connectivity index (χ4v) is 3.55. The molecule has 25 heavy (non-hydrogen) atoms. The average molecular weight is 361 g/mol. The molecule has 1 aromatic carbocycles. The molecule has 1 aliphatic rings. The number of benzene rings is 1. The lowest BCUT2D eigenvalue weighted by atomic mass is 10.1. The van der Waals surface area contributed by atoms with Gasteiger partial charge in [-0.25, -0.2) is 0 Å². The molecule has 0 saturated carbocycles. The minimum Gasteiger partial charge on any atom is -0.497 e. The molecule has 2 aromatic rings. The number of aromatic nitrogens is 2. The largest absolute Gasteiger partial charge is 0.497 e. The molecule has 0 spiro atoms. The van der Waals surface area contributed by atoms with Crippen molar-refractivity contribution in [3.63, 3.8) is 0 Å². The van der Waals surface area contributed by atoms with Gasteiger partial charge in [-0.15, -0.1) is 10.2 Å². The average Bonchev–Trinajstić information content (AvgIpc) is 3.10. The molecule has 134 valence electrons. The third-order valence-electron chi connectivity index (χ3n) is 4.27. The Bertz CT molecular complexity index is 695. The Balaban J connectivity index is 1.53. The molecular formula is C17H23N5O2S. The number of rotatable bonds is 6. The molecule has 7 nitrogen and oxygen atoms in total. The quantitative estimate of drug-likeness (QED) is 0.847. The van der Waals surface area contributed by atoms with E-state index in [0.29, 0.717) is 11.6 Å². The molecular weight excluding hydrogens is 338 g/mol. The summed E-state index contributed by atoms with van der Waals surface area (Å²) < 4.78 is 5.12. The normalized spacial score (nSPS) is 15.2. The maximum atomic E-state index is 12.2. The van der Waals surface area contributed by atoms with Crippen molar-refractivity contribution < 1.29 is 9.53 Å². The fourth-order valence-electron chi connectivity index (χ4n) is 2.74. The molecule has 0 radical (unpaired) electrons. The van der Waals surface area contributed by atoms with Crippen LogP contribution in [-0.2, 0) is 11.2 Å². The van der Waals surface area contributed by atoms with Gasteiger partial charge in [0.1, 0.15) is 5.75 Å². The number of ether oxygens (including phenoxy) is 1. The zero-order chi connectivity index (χ0) is 17.6. The first kappa shape index (κ1) is 17.6. The first-order valence-electron chi connectivity index (χ1n) is 8.41. The van der Waals surface area contributed by atoms with Crippen LogP contribution in [0.15, 0.2) is 24.3 Å². The molecule has 1 N–H and O–H groups in total. The van der Waals surface area contributed by atoms with Crippen LogP contribution in [-0.4, -0.2) is 60.8 Å². The van der Waals surface area contributed by atoms with Crippen molar-refractivity contribution in [3.8, 4) is 5.75 Å². The number of carbonyl (C=O) groups excluding carboxylic acids is 1. The zero-order valence-electron chi connectivity index (χ0n) is 14.6. The van der Waals surface area contributed by atoms with Crippen LogP contribution in [0.5, 0.6) is 5.75 Å². The molecule has 0 bridgehead atoms. The van der Waals surface area contributed by atoms with E-state index >= 15 is 0 Å². The van der Waals surface area contributed by atoms with E-state index in [1.54, 1.807) is 7.11 Å². The second-order valence-corrected chi connectivity index (χ2v) is 6.84. The first-order valence-corrected chi connectivity index (χ1v) is 9.23. The summed E-state index contributed by atoms with van der Waals surface area (Å²) in [6.45, 7) is 7.22. The van der Waals surface area contributed by atoms with E-state index in [9.17, 15) is 4.79 Å². The number of likely N-dealkylation sites (N-methyl/N-ethyl adjacent to an activating group) is 1. The van der Waals surface area contributed by atoms with Crippen molar-refractivity contribution in [1.29, 1.82) is 0 Å². The highest BCUT2D eigenvalue weighted by molar-refractivity contribution is 7.19. The summed E-state index contributed by atoms with van der Waals surface area (Å²) in [5.41, 5.74) is 0.929. The SMILES string of the molecule is CCN1CCN(c2nnc(NC(=O)Cc3ccc(OC)cc3)s2)CC1. The maximum Gasteiger partial charge on any atom is 0.230 e. The lowest BCUT2D eigenvalue weighted by Crippen LogP contribution is -2.46. The van der Waals surface area contributed by atoms with Gasteiger partial charge in [-0.2, -0.15) is 0 Å². The molecule has 1 saturated heterocycles. The highest BCUT2D eigenvalue weighted by Crippen LogP contribution is 2.25. The summed E-state index contributed by atoms with van der Waals surface area (Å²) >= 11 is 1.43. The zero-order valence-corrected chi connectivity index (χ0v) is 15.4. The van der Waals surface area contributed by atoms with Gasteiger partial charge in [0.25, 0.3) is 0 Å². The van der Waals surface area contributed by atoms with E-state index < -0.39 is 0 Å². The second-order valence-electron chi connectivity index (χ2n) is 5.88. The molecule has 0 unspecified atom stereocenters. The van der Waals surface area contributed by atoms with Crippen LogP contribution in [0.25, 0.3) is 0 Å². The van der Waals surface area contributed by atoms with Crippen molar-refractivity contribution >= 4 is 27.5 Å². The van der Waals surface area contributed by atoms with Crippen molar-refractivity contribution in [1.82, 2.24) is 15.1 Å². The number of hydrogen-bond acceptors (Lipinski definition) is 7. The number of anilines is 2. The number of methoxy groups -OCH3 is 1. The van der Waals surface area contributed by atoms with Crippen LogP contribution in [0.2, 0.25) is 0 Å². The molecule has 0 aliphatic carbocycles. The second kappa shape index (κ2) is 8.26. The topological polar surface area (TPSA) is 70.6 Å². The number of hydrogen-bond donors (Lipinski definition) is 1. The summed E-state index contributed by atoms with van der Waals surface area (Å²) in [6, 6.07) is 7.47. The minimum atomic E-state index is -0.0938. The van der Waals surface area contributed by atoms with E-state index in [-0.39, 0.29) is 5.91 Å². The highest BCUT2D eigenvalue weighted by Gasteiger charge is 2.19. The third-order valence-corrected chi connectivity index (χ3v) is 5.17. The predicted molar refractivity (Wildman–Crippen MR) is 99.6 cm³/mol. The van der Waals surface area contributed by atoms with Gasteiger partial charge in [0, 0.05) is 26.2 Å². The van der Waals surface area contributed by atoms with E-state index in [1.807, 2.05) is 24.3 Å². The third kappa shape index (κ3) is 4.67. The Labute approximate surface area is 151 Å². The number of amides is 1. The predicted octanol–water partition coefficient (Wildman–Crippen LogP) is 1.87. The van der Waals surface area contributed by atoms with Crippen LogP contribution in [0, 0.1) is 0 Å². The Hall–Kier alpha value is -2.19. The minimum absolute atomic E-state index is 0.0938. The first-order chi connectivity index (χ1) is 12.2. The van der Waals surface area contributed by atoms with Gasteiger partial charge in [0.15, 0.2) is 0 Å². The van der Waals surface area contributed by atoms with E-state index in [4.69, 9.17) is 4.74 Å². The van der Waals surface area contributed by atoms with Gasteiger partial charge < -0.3 is 19.9 Å². The molecule has 1 aromatic heterocycles. The van der Waals surface area contributed by atoms with Crippen LogP contribution < -0.4 is 15.0 Å². The van der Waals surface area contributed by atoms with Crippen molar-refractivity contribution in [2.75, 3.05) is 50.1 Å². The summed E-state index contributed by atoms with van der Waals surface area (Å²) in [5.74, 6) is 0.685. The van der Waals surface area contributed by atoms with Gasteiger partial charge in [0.05, 0.1) is 13.5 Å². The summed E-state index contributed by atoms with van der Waals surface area (Å²) in [7, 11) is 1.62. The molecule has 1 aliphatic heterocycles. The number of nitrogens with one attached hydrogen (secondary N) is 1. The van der Waals surface area contributed by atoms with Gasteiger partial charge >= 0.3 is 0 Å². The molecule has 3 rings (SSSR count). The fraction of sp³-hybridized carbons (Fsp3) is 0.471. The number of nitrogens with zero attached hydrogens (tertiary/aromatic N) is 4. The van der Waals surface area contributed by atoms with E-state index in [2.05, 4.69) is 32.2 Å². The smallest absolute Gasteiger partial charge is 0.230 e. The van der Waals surface area contributed by atoms with E-state index in [0.717, 1.165) is 49.2 Å². The van der Waals surface area contributed by atoms with Crippen LogP contribution in [0.3, 0.4) is 0 Å². The van der Waals surface area contributed by atoms with Gasteiger partial charge in [-0.1, -0.05) is 30.4 Å². The lowest BCUT2D eigenvalue weighted by Gasteiger charge is -2.33. The standard InChI is InChI=1S/C17H23N5O2S/c1-3-21-8-10-22(11-9-21)17-20-19-16(25-17)18-15(23)12-13-4-6-14(24-2)7-5-13/h4-7H,3,8-12H2,1-2H3,(H,18,19,23). The summed E-state index contributed by atoms with van der Waals surface area (Å²) in [4.78, 5) is 16.8. The maximum absolute atomic E-state index is 12.2. The lowest BCUT2D eigenvalue weighted by molar-refractivity contribution is -0.115. The molecule has 1 fully saturated rings. The van der Waals surface area contributed by atoms with Crippen molar-refractivity contribution in [2.45, 2.75) is 13.3 Å². The number of piperazine rings is 1. The van der Waals surface area contributed by atoms with Gasteiger partial charge in [-0.05, 0) is 24.2 Å². The number of carbonyl (C=O) groups is 1. The molecule has 0 atom stereocenters. The van der Waals surface area contributed by atoms with Crippen molar-refractivity contribution in [2.24, 2.45) is 0 Å². The van der Waals surface area contributed by atoms with Crippen LogP contribution >= 0.6 is 11.3 Å². The van der Waals surface area contributed by atoms with Crippen LogP contribution in [0.4, 0.5) is 10.3 Å². The molecule has 2 heterocycles. The van der Waals surface area contributed by atoms with Crippen LogP contribution in [0.1, 0.15) is 12.5 Å².